The van der Waals surface area contributed by atoms with E-state index in [1.54, 1.807) is 0 Å². The molecule has 4 nitrogen and oxygen atoms in total. The van der Waals surface area contributed by atoms with Crippen molar-refractivity contribution in [3.05, 3.63) is 28.2 Å². The van der Waals surface area contributed by atoms with E-state index in [-0.39, 0.29) is 11.0 Å². The molecule has 0 aliphatic rings. The van der Waals surface area contributed by atoms with Crippen LogP contribution in [0.4, 0.5) is 8.78 Å². The molecular weight excluding hydrogens is 366 g/mol. The van der Waals surface area contributed by atoms with E-state index in [4.69, 9.17) is 0 Å². The first-order valence-corrected chi connectivity index (χ1v) is 8.96. The average molecular weight is 385 g/mol. The lowest BCUT2D eigenvalue weighted by Crippen LogP contribution is -2.30. The Morgan fingerprint density at radius 1 is 1.24 bits per heavy atom. The van der Waals surface area contributed by atoms with Gasteiger partial charge in [0.2, 0.25) is 10.0 Å². The van der Waals surface area contributed by atoms with Crippen LogP contribution in [0.5, 0.6) is 0 Å². The third-order valence-electron chi connectivity index (χ3n) is 3.07. The van der Waals surface area contributed by atoms with E-state index in [2.05, 4.69) is 25.6 Å². The second-order valence-electron chi connectivity index (χ2n) is 4.48. The molecule has 1 N–H and O–H groups in total. The van der Waals surface area contributed by atoms with Gasteiger partial charge in [0.15, 0.2) is 0 Å². The minimum Gasteiger partial charge on any atom is -0.304 e. The second-order valence-corrected chi connectivity index (χ2v) is 7.03. The van der Waals surface area contributed by atoms with Crippen molar-refractivity contribution in [3.63, 3.8) is 0 Å². The summed E-state index contributed by atoms with van der Waals surface area (Å²) in [6.45, 7) is 6.78. The lowest BCUT2D eigenvalue weighted by atomic mass is 10.3. The minimum atomic E-state index is -4.01. The van der Waals surface area contributed by atoms with Gasteiger partial charge < -0.3 is 4.90 Å². The van der Waals surface area contributed by atoms with Crippen LogP contribution in [0.2, 0.25) is 0 Å². The Morgan fingerprint density at radius 3 is 2.38 bits per heavy atom. The van der Waals surface area contributed by atoms with Crippen molar-refractivity contribution in [2.24, 2.45) is 0 Å². The van der Waals surface area contributed by atoms with Gasteiger partial charge in [-0.15, -0.1) is 0 Å². The molecule has 0 aromatic heterocycles. The van der Waals surface area contributed by atoms with Crippen molar-refractivity contribution < 1.29 is 17.2 Å². The quantitative estimate of drug-likeness (QED) is 0.701. The Hall–Kier alpha value is -0.570. The zero-order valence-electron chi connectivity index (χ0n) is 12.0. The molecule has 0 aliphatic carbocycles. The smallest absolute Gasteiger partial charge is 0.244 e. The third kappa shape index (κ3) is 5.28. The normalized spacial score (nSPS) is 12.1. The monoisotopic (exact) mass is 384 g/mol. The molecule has 21 heavy (non-hydrogen) atoms. The highest BCUT2D eigenvalue weighted by Gasteiger charge is 2.23. The Kier molecular flexibility index (Phi) is 7.19. The molecule has 0 amide bonds. The minimum absolute atomic E-state index is 0.128. The molecule has 0 unspecified atom stereocenters. The van der Waals surface area contributed by atoms with Gasteiger partial charge >= 0.3 is 0 Å². The van der Waals surface area contributed by atoms with Crippen LogP contribution < -0.4 is 4.72 Å². The van der Waals surface area contributed by atoms with Crippen LogP contribution in [0.15, 0.2) is 21.5 Å². The number of nitrogens with one attached hydrogen (secondary N) is 1. The van der Waals surface area contributed by atoms with Crippen LogP contribution in [0.3, 0.4) is 0 Å². The first-order valence-electron chi connectivity index (χ1n) is 6.68. The summed E-state index contributed by atoms with van der Waals surface area (Å²) in [5.41, 5.74) is 0. The van der Waals surface area contributed by atoms with E-state index < -0.39 is 26.6 Å². The van der Waals surface area contributed by atoms with Crippen LogP contribution >= 0.6 is 15.9 Å². The fourth-order valence-electron chi connectivity index (χ4n) is 1.91. The van der Waals surface area contributed by atoms with Gasteiger partial charge in [0.05, 0.1) is 0 Å². The van der Waals surface area contributed by atoms with E-state index in [0.717, 1.165) is 25.7 Å². The summed E-state index contributed by atoms with van der Waals surface area (Å²) >= 11 is 2.88. The highest BCUT2D eigenvalue weighted by atomic mass is 79.9. The summed E-state index contributed by atoms with van der Waals surface area (Å²) in [7, 11) is -4.01. The maximum Gasteiger partial charge on any atom is 0.244 e. The van der Waals surface area contributed by atoms with Crippen LogP contribution in [0.1, 0.15) is 20.3 Å². The molecule has 0 atom stereocenters. The first-order chi connectivity index (χ1) is 9.81. The SMILES string of the molecule is CCN(CC)CCCNS(=O)(=O)c1c(F)cc(F)cc1Br. The van der Waals surface area contributed by atoms with Crippen LogP contribution in [-0.2, 0) is 10.0 Å². The van der Waals surface area contributed by atoms with Crippen molar-refractivity contribution in [3.8, 4) is 0 Å². The maximum absolute atomic E-state index is 13.7. The van der Waals surface area contributed by atoms with Crippen LogP contribution in [0.25, 0.3) is 0 Å². The van der Waals surface area contributed by atoms with Crippen LogP contribution in [-0.4, -0.2) is 39.5 Å². The number of halogens is 3. The van der Waals surface area contributed by atoms with Gasteiger partial charge in [-0.25, -0.2) is 21.9 Å². The topological polar surface area (TPSA) is 49.4 Å². The van der Waals surface area contributed by atoms with Gasteiger partial charge in [0.25, 0.3) is 0 Å². The number of hydrogen-bond donors (Lipinski definition) is 1. The molecule has 1 aromatic rings. The summed E-state index contributed by atoms with van der Waals surface area (Å²) in [6.07, 6.45) is 0.612. The molecular formula is C13H19BrF2N2O2S. The Labute approximate surface area is 132 Å². The van der Waals surface area contributed by atoms with Gasteiger partial charge in [-0.1, -0.05) is 13.8 Å². The Morgan fingerprint density at radius 2 is 1.86 bits per heavy atom. The first kappa shape index (κ1) is 18.5. The summed E-state index contributed by atoms with van der Waals surface area (Å²) in [4.78, 5) is 1.59. The van der Waals surface area contributed by atoms with Crippen molar-refractivity contribution in [2.75, 3.05) is 26.2 Å². The number of benzene rings is 1. The molecule has 1 rings (SSSR count). The fraction of sp³-hybridized carbons (Fsp3) is 0.538. The van der Waals surface area contributed by atoms with Crippen molar-refractivity contribution in [2.45, 2.75) is 25.2 Å². The third-order valence-corrected chi connectivity index (χ3v) is 5.49. The number of hydrogen-bond acceptors (Lipinski definition) is 3. The maximum atomic E-state index is 13.7. The molecule has 0 spiro atoms. The van der Waals surface area contributed by atoms with E-state index in [1.807, 2.05) is 13.8 Å². The van der Waals surface area contributed by atoms with Gasteiger partial charge in [0.1, 0.15) is 16.5 Å². The lowest BCUT2D eigenvalue weighted by molar-refractivity contribution is 0.300. The second kappa shape index (κ2) is 8.17. The summed E-state index contributed by atoms with van der Waals surface area (Å²) in [5, 5.41) is 0. The zero-order chi connectivity index (χ0) is 16.0. The van der Waals surface area contributed by atoms with Crippen molar-refractivity contribution in [1.82, 2.24) is 9.62 Å². The molecule has 1 aromatic carbocycles. The van der Waals surface area contributed by atoms with Gasteiger partial charge in [0, 0.05) is 17.1 Å². The molecule has 0 fully saturated rings. The zero-order valence-corrected chi connectivity index (χ0v) is 14.4. The molecule has 0 aliphatic heterocycles. The average Bonchev–Trinajstić information content (AvgIpc) is 2.37. The van der Waals surface area contributed by atoms with E-state index in [9.17, 15) is 17.2 Å². The lowest BCUT2D eigenvalue weighted by Gasteiger charge is -2.17. The van der Waals surface area contributed by atoms with Gasteiger partial charge in [-0.2, -0.15) is 0 Å². The Balaban J connectivity index is 2.71. The van der Waals surface area contributed by atoms with E-state index >= 15 is 0 Å². The number of sulfonamides is 1. The van der Waals surface area contributed by atoms with Crippen molar-refractivity contribution >= 4 is 26.0 Å². The van der Waals surface area contributed by atoms with Crippen molar-refractivity contribution in [1.29, 1.82) is 0 Å². The standard InChI is InChI=1S/C13H19BrF2N2O2S/c1-3-18(4-2)7-5-6-17-21(19,20)13-11(14)8-10(15)9-12(13)16/h8-9,17H,3-7H2,1-2H3. The van der Waals surface area contributed by atoms with E-state index in [0.29, 0.717) is 12.5 Å². The predicted molar refractivity (Wildman–Crippen MR) is 81.7 cm³/mol. The highest BCUT2D eigenvalue weighted by molar-refractivity contribution is 9.10. The van der Waals surface area contributed by atoms with E-state index in [1.165, 1.54) is 0 Å². The number of nitrogens with zero attached hydrogens (tertiary/aromatic N) is 1. The Bertz CT molecular complexity index is 555. The summed E-state index contributed by atoms with van der Waals surface area (Å²) in [6, 6.07) is 1.47. The molecule has 8 heteroatoms. The van der Waals surface area contributed by atoms with Crippen LogP contribution in [0, 0.1) is 11.6 Å². The molecule has 0 bridgehead atoms. The summed E-state index contributed by atoms with van der Waals surface area (Å²) < 4.78 is 52.9. The van der Waals surface area contributed by atoms with Gasteiger partial charge in [-0.05, 0) is 48.1 Å². The summed E-state index contributed by atoms with van der Waals surface area (Å²) in [5.74, 6) is -1.95. The highest BCUT2D eigenvalue weighted by Crippen LogP contribution is 2.25. The molecule has 0 heterocycles. The molecule has 0 saturated heterocycles. The number of rotatable bonds is 8. The largest absolute Gasteiger partial charge is 0.304 e. The van der Waals surface area contributed by atoms with Gasteiger partial charge in [-0.3, -0.25) is 0 Å². The molecule has 0 saturated carbocycles. The predicted octanol–water partition coefficient (Wildman–Crippen LogP) is 2.74. The molecule has 120 valence electrons. The fourth-order valence-corrected chi connectivity index (χ4v) is 4.14. The molecule has 0 radical (unpaired) electrons.